The van der Waals surface area contributed by atoms with Gasteiger partial charge in [-0.05, 0) is 0 Å². The highest BCUT2D eigenvalue weighted by molar-refractivity contribution is 6.33. The first-order chi connectivity index (χ1) is 8.34. The molecule has 0 saturated carbocycles. The lowest BCUT2D eigenvalue weighted by molar-refractivity contribution is 0.122. The highest BCUT2D eigenvalue weighted by Crippen LogP contribution is 2.22. The molecule has 0 aromatic carbocycles. The van der Waals surface area contributed by atoms with Crippen LogP contribution in [-0.2, 0) is 4.74 Å². The summed E-state index contributed by atoms with van der Waals surface area (Å²) in [5, 5.41) is 1.22. The van der Waals surface area contributed by atoms with Gasteiger partial charge in [0.1, 0.15) is 17.3 Å². The van der Waals surface area contributed by atoms with Gasteiger partial charge in [0.2, 0.25) is 0 Å². The van der Waals surface area contributed by atoms with E-state index in [1.54, 1.807) is 6.20 Å². The van der Waals surface area contributed by atoms with Crippen molar-refractivity contribution in [2.75, 3.05) is 31.2 Å². The molecule has 1 aliphatic rings. The maximum atomic E-state index is 5.97. The van der Waals surface area contributed by atoms with Gasteiger partial charge in [-0.1, -0.05) is 11.6 Å². The number of hydrogen-bond acceptors (Lipinski definition) is 5. The fourth-order valence-corrected chi connectivity index (χ4v) is 2.07. The first-order valence-electron chi connectivity index (χ1n) is 5.43. The molecule has 5 nitrogen and oxygen atoms in total. The normalized spacial score (nSPS) is 16.4. The van der Waals surface area contributed by atoms with Gasteiger partial charge in [0, 0.05) is 25.4 Å². The lowest BCUT2D eigenvalue weighted by atomic mass is 10.3. The Labute approximate surface area is 103 Å². The molecule has 88 valence electrons. The maximum absolute atomic E-state index is 5.97. The molecule has 0 radical (unpaired) electrons. The van der Waals surface area contributed by atoms with Crippen LogP contribution in [0.4, 0.5) is 5.82 Å². The summed E-state index contributed by atoms with van der Waals surface area (Å²) in [6, 6.07) is 1.94. The van der Waals surface area contributed by atoms with E-state index in [2.05, 4.69) is 19.9 Å². The van der Waals surface area contributed by atoms with Crippen LogP contribution in [0.3, 0.4) is 0 Å². The van der Waals surface area contributed by atoms with Gasteiger partial charge < -0.3 is 9.64 Å². The van der Waals surface area contributed by atoms with Crippen LogP contribution < -0.4 is 4.90 Å². The van der Waals surface area contributed by atoms with E-state index < -0.39 is 0 Å². The van der Waals surface area contributed by atoms with E-state index in [1.165, 1.54) is 6.33 Å². The van der Waals surface area contributed by atoms with Gasteiger partial charge >= 0.3 is 0 Å². The summed E-state index contributed by atoms with van der Waals surface area (Å²) >= 11 is 5.97. The van der Waals surface area contributed by atoms with Crippen molar-refractivity contribution in [2.45, 2.75) is 0 Å². The largest absolute Gasteiger partial charge is 0.378 e. The second-order valence-corrected chi connectivity index (χ2v) is 4.18. The van der Waals surface area contributed by atoms with E-state index in [9.17, 15) is 0 Å². The Hall–Kier alpha value is -1.46. The van der Waals surface area contributed by atoms with E-state index in [-0.39, 0.29) is 0 Å². The van der Waals surface area contributed by atoms with Crippen molar-refractivity contribution in [2.24, 2.45) is 0 Å². The molecule has 0 spiro atoms. The maximum Gasteiger partial charge on any atom is 0.141 e. The van der Waals surface area contributed by atoms with Crippen LogP contribution >= 0.6 is 11.6 Å². The zero-order valence-electron chi connectivity index (χ0n) is 9.14. The van der Waals surface area contributed by atoms with Crippen LogP contribution in [0.5, 0.6) is 0 Å². The van der Waals surface area contributed by atoms with Crippen molar-refractivity contribution in [3.63, 3.8) is 0 Å². The predicted octanol–water partition coefficient (Wildman–Crippen LogP) is 1.51. The van der Waals surface area contributed by atoms with Gasteiger partial charge in [0.05, 0.1) is 24.1 Å². The van der Waals surface area contributed by atoms with Crippen LogP contribution in [-0.4, -0.2) is 41.3 Å². The number of morpholine rings is 1. The number of fused-ring (bicyclic) bond motifs is 1. The summed E-state index contributed by atoms with van der Waals surface area (Å²) in [5.41, 5.74) is 0.821. The molecular formula is C11H11ClN4O. The van der Waals surface area contributed by atoms with Gasteiger partial charge in [0.25, 0.3) is 0 Å². The molecule has 6 heteroatoms. The second kappa shape index (κ2) is 4.43. The Morgan fingerprint density at radius 2 is 2.00 bits per heavy atom. The Morgan fingerprint density at radius 3 is 2.82 bits per heavy atom. The average Bonchev–Trinajstić information content (AvgIpc) is 2.40. The van der Waals surface area contributed by atoms with Gasteiger partial charge in [-0.2, -0.15) is 0 Å². The quantitative estimate of drug-likeness (QED) is 0.718. The minimum atomic E-state index is 0.441. The van der Waals surface area contributed by atoms with E-state index >= 15 is 0 Å². The molecule has 0 atom stereocenters. The SMILES string of the molecule is Clc1ncnc2cc(N3CCOCC3)ncc12. The van der Waals surface area contributed by atoms with Crippen LogP contribution in [0.15, 0.2) is 18.6 Å². The van der Waals surface area contributed by atoms with Crippen molar-refractivity contribution in [1.82, 2.24) is 15.0 Å². The van der Waals surface area contributed by atoms with Crippen molar-refractivity contribution < 1.29 is 4.74 Å². The summed E-state index contributed by atoms with van der Waals surface area (Å²) in [7, 11) is 0. The first-order valence-corrected chi connectivity index (χ1v) is 5.81. The van der Waals surface area contributed by atoms with E-state index in [4.69, 9.17) is 16.3 Å². The molecule has 1 saturated heterocycles. The number of hydrogen-bond donors (Lipinski definition) is 0. The summed E-state index contributed by atoms with van der Waals surface area (Å²) in [6.45, 7) is 3.20. The Kier molecular flexibility index (Phi) is 2.78. The standard InChI is InChI=1S/C11H11ClN4O/c12-11-8-6-13-10(5-9(8)14-7-15-11)16-1-3-17-4-2-16/h5-7H,1-4H2. The fourth-order valence-electron chi connectivity index (χ4n) is 1.88. The third kappa shape index (κ3) is 2.03. The molecular weight excluding hydrogens is 240 g/mol. The summed E-state index contributed by atoms with van der Waals surface area (Å²) in [5.74, 6) is 0.913. The van der Waals surface area contributed by atoms with Crippen molar-refractivity contribution in [1.29, 1.82) is 0 Å². The molecule has 2 aromatic rings. The van der Waals surface area contributed by atoms with Crippen LogP contribution in [0, 0.1) is 0 Å². The first kappa shape index (κ1) is 10.7. The highest BCUT2D eigenvalue weighted by Gasteiger charge is 2.13. The van der Waals surface area contributed by atoms with E-state index in [0.717, 1.165) is 43.0 Å². The van der Waals surface area contributed by atoms with Crippen molar-refractivity contribution >= 4 is 28.3 Å². The number of nitrogens with zero attached hydrogens (tertiary/aromatic N) is 4. The Bertz CT molecular complexity index is 542. The molecule has 0 aliphatic carbocycles. The molecule has 1 aliphatic heterocycles. The number of aromatic nitrogens is 3. The number of anilines is 1. The molecule has 17 heavy (non-hydrogen) atoms. The second-order valence-electron chi connectivity index (χ2n) is 3.82. The van der Waals surface area contributed by atoms with Gasteiger partial charge in [-0.15, -0.1) is 0 Å². The topological polar surface area (TPSA) is 51.1 Å². The van der Waals surface area contributed by atoms with Crippen molar-refractivity contribution in [3.8, 4) is 0 Å². The average molecular weight is 251 g/mol. The fraction of sp³-hybridized carbons (Fsp3) is 0.364. The minimum Gasteiger partial charge on any atom is -0.378 e. The van der Waals surface area contributed by atoms with Crippen LogP contribution in [0.25, 0.3) is 10.9 Å². The van der Waals surface area contributed by atoms with Crippen LogP contribution in [0.1, 0.15) is 0 Å². The number of rotatable bonds is 1. The monoisotopic (exact) mass is 250 g/mol. The van der Waals surface area contributed by atoms with E-state index in [1.807, 2.05) is 6.07 Å². The third-order valence-electron chi connectivity index (χ3n) is 2.79. The number of halogens is 1. The summed E-state index contributed by atoms with van der Waals surface area (Å²) in [4.78, 5) is 14.7. The summed E-state index contributed by atoms with van der Waals surface area (Å²) < 4.78 is 5.31. The Morgan fingerprint density at radius 1 is 1.18 bits per heavy atom. The molecule has 1 fully saturated rings. The van der Waals surface area contributed by atoms with Crippen LogP contribution in [0.2, 0.25) is 5.15 Å². The zero-order valence-corrected chi connectivity index (χ0v) is 9.89. The van der Waals surface area contributed by atoms with E-state index in [0.29, 0.717) is 5.15 Å². The number of ether oxygens (including phenoxy) is 1. The zero-order chi connectivity index (χ0) is 11.7. The molecule has 3 heterocycles. The number of pyridine rings is 1. The predicted molar refractivity (Wildman–Crippen MR) is 65.4 cm³/mol. The van der Waals surface area contributed by atoms with Gasteiger partial charge in [-0.25, -0.2) is 15.0 Å². The smallest absolute Gasteiger partial charge is 0.141 e. The van der Waals surface area contributed by atoms with Gasteiger partial charge in [0.15, 0.2) is 0 Å². The molecule has 0 unspecified atom stereocenters. The molecule has 0 N–H and O–H groups in total. The third-order valence-corrected chi connectivity index (χ3v) is 3.09. The minimum absolute atomic E-state index is 0.441. The molecule has 3 rings (SSSR count). The Balaban J connectivity index is 2.01. The lowest BCUT2D eigenvalue weighted by Crippen LogP contribution is -2.36. The molecule has 0 amide bonds. The summed E-state index contributed by atoms with van der Waals surface area (Å²) in [6.07, 6.45) is 3.19. The highest BCUT2D eigenvalue weighted by atomic mass is 35.5. The molecule has 2 aromatic heterocycles. The van der Waals surface area contributed by atoms with Gasteiger partial charge in [-0.3, -0.25) is 0 Å². The molecule has 0 bridgehead atoms. The van der Waals surface area contributed by atoms with Crippen molar-refractivity contribution in [3.05, 3.63) is 23.7 Å². The lowest BCUT2D eigenvalue weighted by Gasteiger charge is -2.27.